The molecular weight excluding hydrogens is 513 g/mol. The fourth-order valence-corrected chi connectivity index (χ4v) is 5.11. The number of rotatable bonds is 8. The van der Waals surface area contributed by atoms with E-state index >= 15 is 0 Å². The summed E-state index contributed by atoms with van der Waals surface area (Å²) in [5.74, 6) is 0.349. The molecule has 0 radical (unpaired) electrons. The second kappa shape index (κ2) is 10.8. The lowest BCUT2D eigenvalue weighted by Crippen LogP contribution is -2.29. The van der Waals surface area contributed by atoms with E-state index in [1.165, 1.54) is 36.1 Å². The summed E-state index contributed by atoms with van der Waals surface area (Å²) in [6, 6.07) is 22.5. The second-order valence-electron chi connectivity index (χ2n) is 11.9. The highest BCUT2D eigenvalue weighted by Crippen LogP contribution is 2.40. The first kappa shape index (κ1) is 28.0. The molecule has 5 rings (SSSR count). The molecule has 1 aliphatic carbocycles. The molecule has 1 aliphatic rings. The molecule has 1 saturated carbocycles. The van der Waals surface area contributed by atoms with Crippen LogP contribution in [0.5, 0.6) is 5.75 Å². The lowest BCUT2D eigenvalue weighted by atomic mass is 9.86. The van der Waals surface area contributed by atoms with Gasteiger partial charge in [0.2, 0.25) is 0 Å². The van der Waals surface area contributed by atoms with Gasteiger partial charge in [-0.3, -0.25) is 9.69 Å². The molecular formula is C33H35F3N2O2. The van der Waals surface area contributed by atoms with Crippen LogP contribution in [0.3, 0.4) is 0 Å². The fourth-order valence-electron chi connectivity index (χ4n) is 5.11. The van der Waals surface area contributed by atoms with Gasteiger partial charge in [0.25, 0.3) is 5.56 Å². The number of aromatic amines is 1. The minimum atomic E-state index is -4.74. The molecule has 0 bridgehead atoms. The van der Waals surface area contributed by atoms with Crippen molar-refractivity contribution >= 4 is 10.9 Å². The van der Waals surface area contributed by atoms with Gasteiger partial charge < -0.3 is 9.72 Å². The monoisotopic (exact) mass is 548 g/mol. The number of fused-ring (bicyclic) bond motifs is 1. The zero-order chi connectivity index (χ0) is 28.7. The summed E-state index contributed by atoms with van der Waals surface area (Å²) in [6.07, 6.45) is -2.34. The quantitative estimate of drug-likeness (QED) is 0.241. The third-order valence-electron chi connectivity index (χ3n) is 7.72. The lowest BCUT2D eigenvalue weighted by molar-refractivity contribution is -0.274. The van der Waals surface area contributed by atoms with Crippen LogP contribution in [-0.4, -0.2) is 16.2 Å². The number of nitrogens with zero attached hydrogens (tertiary/aromatic N) is 1. The molecule has 1 aromatic heterocycles. The molecule has 0 unspecified atom stereocenters. The number of pyridine rings is 1. The molecule has 40 heavy (non-hydrogen) atoms. The molecule has 7 heteroatoms. The van der Waals surface area contributed by atoms with Crippen molar-refractivity contribution in [3.63, 3.8) is 0 Å². The van der Waals surface area contributed by atoms with E-state index in [0.717, 1.165) is 22.0 Å². The van der Waals surface area contributed by atoms with Crippen molar-refractivity contribution in [2.75, 3.05) is 0 Å². The van der Waals surface area contributed by atoms with Crippen molar-refractivity contribution in [1.82, 2.24) is 9.88 Å². The number of halogens is 3. The molecule has 210 valence electrons. The van der Waals surface area contributed by atoms with Gasteiger partial charge in [-0.2, -0.15) is 0 Å². The van der Waals surface area contributed by atoms with Gasteiger partial charge in [-0.15, -0.1) is 13.2 Å². The standard InChI is InChI=1S/C33H35F3N2O2/c1-21(23-9-14-29(15-10-23)40-33(34,35)36)38(19-22-5-12-28(13-6-22)32(2,3)4)20-27-18-26-17-25(24-7-8-24)11-16-30(26)37-31(27)39/h5-6,9-18,21,24H,7-8,19-20H2,1-4H3,(H,37,39)/t21-/m0/s1. The van der Waals surface area contributed by atoms with Gasteiger partial charge in [-0.05, 0) is 89.1 Å². The van der Waals surface area contributed by atoms with E-state index in [0.29, 0.717) is 24.6 Å². The molecule has 0 amide bonds. The van der Waals surface area contributed by atoms with Gasteiger partial charge in [0, 0.05) is 30.2 Å². The van der Waals surface area contributed by atoms with Gasteiger partial charge in [-0.25, -0.2) is 0 Å². The van der Waals surface area contributed by atoms with E-state index in [4.69, 9.17) is 0 Å². The summed E-state index contributed by atoms with van der Waals surface area (Å²) in [4.78, 5) is 18.4. The molecule has 4 aromatic rings. The molecule has 1 N–H and O–H groups in total. The molecule has 1 heterocycles. The normalized spacial score (nSPS) is 15.0. The maximum atomic E-state index is 13.1. The first-order valence-corrected chi connectivity index (χ1v) is 13.7. The minimum absolute atomic E-state index is 0.0312. The smallest absolute Gasteiger partial charge is 0.406 e. The molecule has 3 aromatic carbocycles. The van der Waals surface area contributed by atoms with E-state index < -0.39 is 6.36 Å². The molecule has 0 aliphatic heterocycles. The summed E-state index contributed by atoms with van der Waals surface area (Å²) in [5.41, 5.74) is 5.81. The number of benzene rings is 3. The first-order valence-electron chi connectivity index (χ1n) is 13.7. The van der Waals surface area contributed by atoms with Crippen LogP contribution in [0.1, 0.15) is 80.3 Å². The van der Waals surface area contributed by atoms with E-state index in [2.05, 4.69) is 71.8 Å². The van der Waals surface area contributed by atoms with Gasteiger partial charge in [-0.1, -0.05) is 63.2 Å². The topological polar surface area (TPSA) is 45.3 Å². The van der Waals surface area contributed by atoms with Crippen LogP contribution in [0.2, 0.25) is 0 Å². The number of ether oxygens (including phenoxy) is 1. The van der Waals surface area contributed by atoms with Gasteiger partial charge in [0.05, 0.1) is 0 Å². The maximum Gasteiger partial charge on any atom is 0.573 e. The highest BCUT2D eigenvalue weighted by atomic mass is 19.4. The van der Waals surface area contributed by atoms with E-state index in [1.807, 2.05) is 19.1 Å². The fraction of sp³-hybridized carbons (Fsp3) is 0.364. The third-order valence-corrected chi connectivity index (χ3v) is 7.72. The predicted octanol–water partition coefficient (Wildman–Crippen LogP) is 8.37. The molecule has 1 atom stereocenters. The van der Waals surface area contributed by atoms with Crippen LogP contribution in [0, 0.1) is 0 Å². The zero-order valence-electron chi connectivity index (χ0n) is 23.3. The predicted molar refractivity (Wildman–Crippen MR) is 152 cm³/mol. The third kappa shape index (κ3) is 6.76. The Kier molecular flexibility index (Phi) is 7.53. The summed E-state index contributed by atoms with van der Waals surface area (Å²) < 4.78 is 42.1. The Hall–Kier alpha value is -3.58. The van der Waals surface area contributed by atoms with Crippen LogP contribution in [0.25, 0.3) is 10.9 Å². The number of nitrogens with one attached hydrogen (secondary N) is 1. The number of hydrogen-bond donors (Lipinski definition) is 1. The average molecular weight is 549 g/mol. The highest BCUT2D eigenvalue weighted by Gasteiger charge is 2.31. The zero-order valence-corrected chi connectivity index (χ0v) is 23.3. The van der Waals surface area contributed by atoms with Crippen molar-refractivity contribution in [2.45, 2.75) is 77.4 Å². The molecule has 0 saturated heterocycles. The Balaban J connectivity index is 1.46. The molecule has 0 spiro atoms. The van der Waals surface area contributed by atoms with Crippen LogP contribution in [0.4, 0.5) is 13.2 Å². The van der Waals surface area contributed by atoms with Crippen LogP contribution in [-0.2, 0) is 18.5 Å². The van der Waals surface area contributed by atoms with Crippen molar-refractivity contribution in [3.8, 4) is 5.75 Å². The van der Waals surface area contributed by atoms with Crippen LogP contribution < -0.4 is 10.3 Å². The van der Waals surface area contributed by atoms with Gasteiger partial charge in [0.15, 0.2) is 0 Å². The van der Waals surface area contributed by atoms with E-state index in [-0.39, 0.29) is 22.8 Å². The Morgan fingerprint density at radius 2 is 1.60 bits per heavy atom. The second-order valence-corrected chi connectivity index (χ2v) is 11.9. The largest absolute Gasteiger partial charge is 0.573 e. The van der Waals surface area contributed by atoms with Crippen molar-refractivity contribution in [3.05, 3.63) is 111 Å². The Morgan fingerprint density at radius 3 is 2.20 bits per heavy atom. The number of hydrogen-bond acceptors (Lipinski definition) is 3. The van der Waals surface area contributed by atoms with Crippen molar-refractivity contribution < 1.29 is 17.9 Å². The number of H-pyrrole nitrogens is 1. The number of alkyl halides is 3. The van der Waals surface area contributed by atoms with Crippen molar-refractivity contribution in [2.24, 2.45) is 0 Å². The van der Waals surface area contributed by atoms with Crippen molar-refractivity contribution in [1.29, 1.82) is 0 Å². The van der Waals surface area contributed by atoms with E-state index in [9.17, 15) is 18.0 Å². The summed E-state index contributed by atoms with van der Waals surface area (Å²) in [7, 11) is 0. The van der Waals surface area contributed by atoms with E-state index in [1.54, 1.807) is 12.1 Å². The Bertz CT molecular complexity index is 1530. The molecule has 4 nitrogen and oxygen atoms in total. The van der Waals surface area contributed by atoms with Crippen LogP contribution >= 0.6 is 0 Å². The first-order chi connectivity index (χ1) is 18.9. The van der Waals surface area contributed by atoms with Crippen LogP contribution in [0.15, 0.2) is 77.6 Å². The Labute approximate surface area is 232 Å². The summed E-state index contributed by atoms with van der Waals surface area (Å²) in [5, 5.41) is 1.01. The minimum Gasteiger partial charge on any atom is -0.406 e. The SMILES string of the molecule is C[C@@H](c1ccc(OC(F)(F)F)cc1)N(Cc1ccc(C(C)(C)C)cc1)Cc1cc2cc(C3CC3)ccc2[nH]c1=O. The van der Waals surface area contributed by atoms with Gasteiger partial charge >= 0.3 is 6.36 Å². The number of aromatic nitrogens is 1. The summed E-state index contributed by atoms with van der Waals surface area (Å²) >= 11 is 0. The highest BCUT2D eigenvalue weighted by molar-refractivity contribution is 5.80. The summed E-state index contributed by atoms with van der Waals surface area (Å²) in [6.45, 7) is 9.45. The molecule has 1 fully saturated rings. The lowest BCUT2D eigenvalue weighted by Gasteiger charge is -2.30. The van der Waals surface area contributed by atoms with Gasteiger partial charge in [0.1, 0.15) is 5.75 Å². The average Bonchev–Trinajstić information content (AvgIpc) is 3.73. The maximum absolute atomic E-state index is 13.1. The Morgan fingerprint density at radius 1 is 0.925 bits per heavy atom.